The maximum Gasteiger partial charge on any atom is 0.347 e. The Bertz CT molecular complexity index is 758. The number of carbonyl (C=O) groups excluding carboxylic acids is 1. The second-order valence-corrected chi connectivity index (χ2v) is 6.94. The summed E-state index contributed by atoms with van der Waals surface area (Å²) >= 11 is 0. The third-order valence-corrected chi connectivity index (χ3v) is 4.24. The Kier molecular flexibility index (Phi) is 5.33. The number of hydrogen-bond acceptors (Lipinski definition) is 3. The molecule has 2 aromatic carbocycles. The zero-order valence-corrected chi connectivity index (χ0v) is 15.3. The highest BCUT2D eigenvalue weighted by molar-refractivity contribution is 5.96. The third-order valence-electron chi connectivity index (χ3n) is 4.24. The van der Waals surface area contributed by atoms with E-state index >= 15 is 0 Å². The van der Waals surface area contributed by atoms with Crippen LogP contribution in [-0.2, 0) is 0 Å². The first-order valence-electron chi connectivity index (χ1n) is 8.37. The number of rotatable bonds is 4. The van der Waals surface area contributed by atoms with Crippen LogP contribution >= 0.6 is 0 Å². The summed E-state index contributed by atoms with van der Waals surface area (Å²) in [6.45, 7) is 11.9. The van der Waals surface area contributed by atoms with Crippen molar-refractivity contribution in [2.45, 2.75) is 53.4 Å². The van der Waals surface area contributed by atoms with E-state index in [1.54, 1.807) is 6.92 Å². The van der Waals surface area contributed by atoms with Gasteiger partial charge < -0.3 is 9.84 Å². The van der Waals surface area contributed by atoms with Gasteiger partial charge in [0.25, 0.3) is 0 Å². The number of phenolic OH excluding ortho intramolecular Hbond substituents is 1. The van der Waals surface area contributed by atoms with Crippen molar-refractivity contribution in [2.75, 3.05) is 0 Å². The van der Waals surface area contributed by atoms with Crippen LogP contribution in [0.1, 0.15) is 72.1 Å². The molecule has 0 radical (unpaired) electrons. The topological polar surface area (TPSA) is 46.5 Å². The van der Waals surface area contributed by atoms with Gasteiger partial charge in [0.05, 0.1) is 0 Å². The first kappa shape index (κ1) is 18.1. The average Bonchev–Trinajstić information content (AvgIpc) is 2.46. The minimum Gasteiger partial charge on any atom is -0.507 e. The summed E-state index contributed by atoms with van der Waals surface area (Å²) in [6.07, 6.45) is 0. The second kappa shape index (κ2) is 7.08. The molecular weight excluding hydrogens is 300 g/mol. The molecule has 3 heteroatoms. The number of aromatic hydroxyl groups is 1. The minimum absolute atomic E-state index is 0.0220. The molecule has 0 aliphatic carbocycles. The van der Waals surface area contributed by atoms with Crippen LogP contribution in [0.4, 0.5) is 0 Å². The van der Waals surface area contributed by atoms with E-state index in [4.69, 9.17) is 4.74 Å². The number of phenols is 1. The lowest BCUT2D eigenvalue weighted by Crippen LogP contribution is -2.13. The van der Waals surface area contributed by atoms with E-state index < -0.39 is 5.97 Å². The van der Waals surface area contributed by atoms with Gasteiger partial charge in [0.1, 0.15) is 17.1 Å². The zero-order valence-electron chi connectivity index (χ0n) is 15.3. The maximum absolute atomic E-state index is 12.7. The lowest BCUT2D eigenvalue weighted by Gasteiger charge is -2.17. The summed E-state index contributed by atoms with van der Waals surface area (Å²) in [4.78, 5) is 12.7. The molecule has 2 rings (SSSR count). The van der Waals surface area contributed by atoms with E-state index in [2.05, 4.69) is 13.8 Å². The molecule has 1 N–H and O–H groups in total. The molecule has 0 saturated carbocycles. The fourth-order valence-electron chi connectivity index (χ4n) is 2.79. The fraction of sp³-hybridized carbons (Fsp3) is 0.381. The molecule has 128 valence electrons. The minimum atomic E-state index is -0.514. The molecule has 0 atom stereocenters. The summed E-state index contributed by atoms with van der Waals surface area (Å²) in [5.41, 5.74) is 3.71. The number of benzene rings is 2. The number of aryl methyl sites for hydroxylation is 2. The van der Waals surface area contributed by atoms with Gasteiger partial charge in [-0.3, -0.25) is 0 Å². The number of carbonyl (C=O) groups is 1. The van der Waals surface area contributed by atoms with Crippen molar-refractivity contribution in [2.24, 2.45) is 0 Å². The Hall–Kier alpha value is -2.29. The van der Waals surface area contributed by atoms with Crippen molar-refractivity contribution < 1.29 is 14.6 Å². The lowest BCUT2D eigenvalue weighted by molar-refractivity contribution is 0.0728. The highest BCUT2D eigenvalue weighted by atomic mass is 16.5. The first-order chi connectivity index (χ1) is 11.2. The van der Waals surface area contributed by atoms with E-state index in [9.17, 15) is 9.90 Å². The fourth-order valence-corrected chi connectivity index (χ4v) is 2.79. The summed E-state index contributed by atoms with van der Waals surface area (Å²) < 4.78 is 5.67. The Morgan fingerprint density at radius 2 is 1.54 bits per heavy atom. The van der Waals surface area contributed by atoms with Gasteiger partial charge in [-0.1, -0.05) is 52.0 Å². The summed E-state index contributed by atoms with van der Waals surface area (Å²) in [6, 6.07) is 9.57. The van der Waals surface area contributed by atoms with Crippen LogP contribution in [0.2, 0.25) is 0 Å². The van der Waals surface area contributed by atoms with Crippen LogP contribution in [0, 0.1) is 13.8 Å². The van der Waals surface area contributed by atoms with Gasteiger partial charge in [0.2, 0.25) is 0 Å². The van der Waals surface area contributed by atoms with Crippen molar-refractivity contribution in [3.63, 3.8) is 0 Å². The van der Waals surface area contributed by atoms with Gasteiger partial charge in [-0.15, -0.1) is 0 Å². The van der Waals surface area contributed by atoms with E-state index in [-0.39, 0.29) is 23.1 Å². The molecule has 2 aromatic rings. The van der Waals surface area contributed by atoms with Crippen LogP contribution in [0.5, 0.6) is 11.5 Å². The van der Waals surface area contributed by atoms with Gasteiger partial charge in [0.15, 0.2) is 0 Å². The summed E-state index contributed by atoms with van der Waals surface area (Å²) in [7, 11) is 0. The molecule has 0 bridgehead atoms. The highest BCUT2D eigenvalue weighted by Crippen LogP contribution is 2.33. The van der Waals surface area contributed by atoms with E-state index in [0.29, 0.717) is 11.3 Å². The first-order valence-corrected chi connectivity index (χ1v) is 8.37. The van der Waals surface area contributed by atoms with Crippen molar-refractivity contribution in [3.05, 3.63) is 58.1 Å². The van der Waals surface area contributed by atoms with Crippen LogP contribution in [-0.4, -0.2) is 11.1 Å². The Morgan fingerprint density at radius 3 is 2.12 bits per heavy atom. The molecule has 0 aliphatic heterocycles. The molecule has 0 spiro atoms. The van der Waals surface area contributed by atoms with Crippen molar-refractivity contribution in [1.82, 2.24) is 0 Å². The highest BCUT2D eigenvalue weighted by Gasteiger charge is 2.22. The van der Waals surface area contributed by atoms with Gasteiger partial charge >= 0.3 is 5.97 Å². The number of esters is 1. The molecule has 0 aromatic heterocycles. The zero-order chi connectivity index (χ0) is 18.0. The van der Waals surface area contributed by atoms with Crippen LogP contribution < -0.4 is 4.74 Å². The van der Waals surface area contributed by atoms with E-state index in [1.807, 2.05) is 51.1 Å². The lowest BCUT2D eigenvalue weighted by atomic mass is 9.96. The average molecular weight is 326 g/mol. The Morgan fingerprint density at radius 1 is 0.958 bits per heavy atom. The predicted octanol–water partition coefficient (Wildman–Crippen LogP) is 5.48. The van der Waals surface area contributed by atoms with Crippen molar-refractivity contribution in [1.29, 1.82) is 0 Å². The van der Waals surface area contributed by atoms with Gasteiger partial charge in [-0.25, -0.2) is 4.79 Å². The SMILES string of the molecule is Cc1ccc(C(C)C)c(OC(=O)c2c(C)ccc(C(C)C)c2O)c1. The number of ether oxygens (including phenoxy) is 1. The maximum atomic E-state index is 12.7. The molecule has 0 aliphatic rings. The molecule has 3 nitrogen and oxygen atoms in total. The Balaban J connectivity index is 2.45. The molecule has 0 saturated heterocycles. The van der Waals surface area contributed by atoms with Gasteiger partial charge in [-0.05, 0) is 54.0 Å². The summed E-state index contributed by atoms with van der Waals surface area (Å²) in [5.74, 6) is 0.435. The molecule has 0 heterocycles. The standard InChI is InChI=1S/C21H26O3/c1-12(2)16-9-7-14(5)11-18(16)24-21(23)19-15(6)8-10-17(13(3)4)20(19)22/h7-13,22H,1-6H3. The van der Waals surface area contributed by atoms with Crippen molar-refractivity contribution in [3.8, 4) is 11.5 Å². The molecular formula is C21H26O3. The molecule has 0 amide bonds. The van der Waals surface area contributed by atoms with Crippen LogP contribution in [0.3, 0.4) is 0 Å². The monoisotopic (exact) mass is 326 g/mol. The van der Waals surface area contributed by atoms with Crippen molar-refractivity contribution >= 4 is 5.97 Å². The van der Waals surface area contributed by atoms with Crippen LogP contribution in [0.25, 0.3) is 0 Å². The Labute approximate surface area is 144 Å². The normalized spacial score (nSPS) is 11.2. The van der Waals surface area contributed by atoms with E-state index in [0.717, 1.165) is 16.7 Å². The largest absolute Gasteiger partial charge is 0.507 e. The summed E-state index contributed by atoms with van der Waals surface area (Å²) in [5, 5.41) is 10.5. The smallest absolute Gasteiger partial charge is 0.347 e. The second-order valence-electron chi connectivity index (χ2n) is 6.94. The van der Waals surface area contributed by atoms with Gasteiger partial charge in [0, 0.05) is 0 Å². The van der Waals surface area contributed by atoms with Gasteiger partial charge in [-0.2, -0.15) is 0 Å². The predicted molar refractivity (Wildman–Crippen MR) is 97.2 cm³/mol. The quantitative estimate of drug-likeness (QED) is 0.598. The third kappa shape index (κ3) is 3.61. The molecule has 24 heavy (non-hydrogen) atoms. The van der Waals surface area contributed by atoms with Crippen LogP contribution in [0.15, 0.2) is 30.3 Å². The van der Waals surface area contributed by atoms with E-state index in [1.165, 1.54) is 0 Å². The number of hydrogen-bond donors (Lipinski definition) is 1. The molecule has 0 unspecified atom stereocenters. The molecule has 0 fully saturated rings.